The van der Waals surface area contributed by atoms with E-state index in [1.54, 1.807) is 0 Å². The monoisotopic (exact) mass is 333 g/mol. The van der Waals surface area contributed by atoms with Crippen molar-refractivity contribution in [1.29, 1.82) is 0 Å². The highest BCUT2D eigenvalue weighted by Crippen LogP contribution is 2.25. The summed E-state index contributed by atoms with van der Waals surface area (Å²) in [5, 5.41) is 2.19. The van der Waals surface area contributed by atoms with Crippen LogP contribution in [0.3, 0.4) is 0 Å². The van der Waals surface area contributed by atoms with Crippen molar-refractivity contribution in [2.45, 2.75) is 30.5 Å². The zero-order valence-electron chi connectivity index (χ0n) is 10.9. The Kier molecular flexibility index (Phi) is 9.31. The summed E-state index contributed by atoms with van der Waals surface area (Å²) in [6, 6.07) is 0. The largest absolute Gasteiger partial charge is 0.464 e. The molecule has 0 atom stereocenters. The SMILES string of the molecule is CC(C)CCCOC(=O)CNC(=O)OCC(Cl)(Cl)Cl. The molecule has 5 nitrogen and oxygen atoms in total. The molecule has 0 bridgehead atoms. The number of alkyl carbamates (subject to hydrolysis) is 1. The van der Waals surface area contributed by atoms with E-state index in [2.05, 4.69) is 23.9 Å². The van der Waals surface area contributed by atoms with Gasteiger partial charge in [-0.25, -0.2) is 4.79 Å². The van der Waals surface area contributed by atoms with Crippen molar-refractivity contribution in [2.75, 3.05) is 19.8 Å². The van der Waals surface area contributed by atoms with Crippen LogP contribution < -0.4 is 5.32 Å². The van der Waals surface area contributed by atoms with E-state index >= 15 is 0 Å². The number of rotatable bonds is 7. The van der Waals surface area contributed by atoms with Crippen LogP contribution in [0.5, 0.6) is 0 Å². The van der Waals surface area contributed by atoms with E-state index in [-0.39, 0.29) is 6.54 Å². The van der Waals surface area contributed by atoms with Crippen LogP contribution in [0.1, 0.15) is 26.7 Å². The second-order valence-corrected chi connectivity index (χ2v) is 6.82. The molecule has 0 aromatic rings. The van der Waals surface area contributed by atoms with E-state index in [0.29, 0.717) is 12.5 Å². The molecule has 0 saturated heterocycles. The van der Waals surface area contributed by atoms with Gasteiger partial charge in [0.2, 0.25) is 3.79 Å². The Morgan fingerprint density at radius 2 is 1.84 bits per heavy atom. The summed E-state index contributed by atoms with van der Waals surface area (Å²) in [5.41, 5.74) is 0. The number of esters is 1. The Labute approximate surface area is 127 Å². The van der Waals surface area contributed by atoms with Gasteiger partial charge in [0, 0.05) is 0 Å². The number of hydrogen-bond donors (Lipinski definition) is 1. The van der Waals surface area contributed by atoms with Crippen LogP contribution in [-0.2, 0) is 14.3 Å². The maximum atomic E-state index is 11.2. The third kappa shape index (κ3) is 13.8. The van der Waals surface area contributed by atoms with E-state index in [4.69, 9.17) is 39.5 Å². The van der Waals surface area contributed by atoms with Crippen molar-refractivity contribution in [2.24, 2.45) is 5.92 Å². The summed E-state index contributed by atoms with van der Waals surface area (Å²) >= 11 is 16.2. The molecular weight excluding hydrogens is 316 g/mol. The van der Waals surface area contributed by atoms with E-state index < -0.39 is 22.5 Å². The number of halogens is 3. The van der Waals surface area contributed by atoms with Gasteiger partial charge in [0.25, 0.3) is 0 Å². The number of hydrogen-bond acceptors (Lipinski definition) is 4. The summed E-state index contributed by atoms with van der Waals surface area (Å²) in [5.74, 6) is 0.0309. The highest BCUT2D eigenvalue weighted by atomic mass is 35.6. The highest BCUT2D eigenvalue weighted by molar-refractivity contribution is 6.67. The van der Waals surface area contributed by atoms with Gasteiger partial charge in [-0.05, 0) is 18.8 Å². The average Bonchev–Trinajstić information content (AvgIpc) is 2.28. The molecule has 1 N–H and O–H groups in total. The van der Waals surface area contributed by atoms with Crippen LogP contribution in [0.25, 0.3) is 0 Å². The van der Waals surface area contributed by atoms with Gasteiger partial charge in [0.15, 0.2) is 0 Å². The fourth-order valence-corrected chi connectivity index (χ4v) is 1.24. The topological polar surface area (TPSA) is 64.6 Å². The molecule has 0 heterocycles. The second kappa shape index (κ2) is 9.50. The Morgan fingerprint density at radius 1 is 1.21 bits per heavy atom. The van der Waals surface area contributed by atoms with Crippen LogP contribution in [0.2, 0.25) is 0 Å². The van der Waals surface area contributed by atoms with Crippen molar-refractivity contribution in [3.05, 3.63) is 0 Å². The Hall–Kier alpha value is -0.390. The van der Waals surface area contributed by atoms with Crippen molar-refractivity contribution in [1.82, 2.24) is 5.32 Å². The van der Waals surface area contributed by atoms with Gasteiger partial charge < -0.3 is 14.8 Å². The molecule has 1 amide bonds. The first-order valence-electron chi connectivity index (χ1n) is 5.83. The molecule has 8 heteroatoms. The van der Waals surface area contributed by atoms with Gasteiger partial charge in [-0.15, -0.1) is 0 Å². The Bertz CT molecular complexity index is 292. The lowest BCUT2D eigenvalue weighted by molar-refractivity contribution is -0.142. The summed E-state index contributed by atoms with van der Waals surface area (Å²) in [7, 11) is 0. The zero-order chi connectivity index (χ0) is 14.9. The first kappa shape index (κ1) is 18.6. The molecule has 0 rings (SSSR count). The van der Waals surface area contributed by atoms with E-state index in [9.17, 15) is 9.59 Å². The van der Waals surface area contributed by atoms with E-state index in [1.807, 2.05) is 0 Å². The van der Waals surface area contributed by atoms with Crippen molar-refractivity contribution >= 4 is 46.9 Å². The third-order valence-corrected chi connectivity index (χ3v) is 2.26. The Balaban J connectivity index is 3.59. The molecule has 0 aliphatic carbocycles. The molecule has 0 aromatic heterocycles. The van der Waals surface area contributed by atoms with Gasteiger partial charge in [0.1, 0.15) is 13.2 Å². The smallest absolute Gasteiger partial charge is 0.407 e. The van der Waals surface area contributed by atoms with Crippen LogP contribution in [0, 0.1) is 5.92 Å². The van der Waals surface area contributed by atoms with Crippen molar-refractivity contribution < 1.29 is 19.1 Å². The minimum atomic E-state index is -1.67. The van der Waals surface area contributed by atoms with E-state index in [0.717, 1.165) is 12.8 Å². The van der Waals surface area contributed by atoms with Crippen LogP contribution >= 0.6 is 34.8 Å². The lowest BCUT2D eigenvalue weighted by Crippen LogP contribution is -2.33. The quantitative estimate of drug-likeness (QED) is 0.441. The fraction of sp³-hybridized carbons (Fsp3) is 0.818. The average molecular weight is 335 g/mol. The third-order valence-electron chi connectivity index (χ3n) is 1.93. The molecule has 0 radical (unpaired) electrons. The summed E-state index contributed by atoms with van der Waals surface area (Å²) < 4.78 is 7.79. The fourth-order valence-electron chi connectivity index (χ4n) is 1.07. The van der Waals surface area contributed by atoms with Gasteiger partial charge in [-0.3, -0.25) is 4.79 Å². The second-order valence-electron chi connectivity index (χ2n) is 4.30. The number of ether oxygens (including phenoxy) is 2. The standard InChI is InChI=1S/C11H18Cl3NO4/c1-8(2)4-3-5-18-9(16)6-15-10(17)19-7-11(12,13)14/h8H,3-7H2,1-2H3,(H,15,17). The number of carbonyl (C=O) groups is 2. The molecule has 0 aromatic carbocycles. The maximum absolute atomic E-state index is 11.2. The first-order chi connectivity index (χ1) is 8.70. The Morgan fingerprint density at radius 3 is 2.37 bits per heavy atom. The lowest BCUT2D eigenvalue weighted by Gasteiger charge is -2.11. The number of nitrogens with one attached hydrogen (secondary N) is 1. The molecule has 0 saturated carbocycles. The number of carbonyl (C=O) groups excluding carboxylic acids is 2. The van der Waals surface area contributed by atoms with Gasteiger partial charge in [-0.2, -0.15) is 0 Å². The predicted molar refractivity (Wildman–Crippen MR) is 74.7 cm³/mol. The predicted octanol–water partition coefficient (Wildman–Crippen LogP) is 3.06. The van der Waals surface area contributed by atoms with Gasteiger partial charge in [0.05, 0.1) is 6.61 Å². The summed E-state index contributed by atoms with van der Waals surface area (Å²) in [4.78, 5) is 22.3. The van der Waals surface area contributed by atoms with E-state index in [1.165, 1.54) is 0 Å². The highest BCUT2D eigenvalue weighted by Gasteiger charge is 2.22. The molecule has 0 aliphatic rings. The number of alkyl halides is 3. The van der Waals surface area contributed by atoms with Crippen molar-refractivity contribution in [3.63, 3.8) is 0 Å². The molecule has 0 spiro atoms. The van der Waals surface area contributed by atoms with Gasteiger partial charge in [-0.1, -0.05) is 48.7 Å². The molecule has 0 fully saturated rings. The lowest BCUT2D eigenvalue weighted by atomic mass is 10.1. The normalized spacial score (nSPS) is 11.3. The molecular formula is C11H18Cl3NO4. The van der Waals surface area contributed by atoms with Gasteiger partial charge >= 0.3 is 12.1 Å². The van der Waals surface area contributed by atoms with Crippen LogP contribution in [-0.4, -0.2) is 35.6 Å². The van der Waals surface area contributed by atoms with Crippen LogP contribution in [0.4, 0.5) is 4.79 Å². The minimum Gasteiger partial charge on any atom is -0.464 e. The van der Waals surface area contributed by atoms with Crippen LogP contribution in [0.15, 0.2) is 0 Å². The summed E-state index contributed by atoms with van der Waals surface area (Å²) in [6.45, 7) is 3.84. The maximum Gasteiger partial charge on any atom is 0.407 e. The molecule has 0 unspecified atom stereocenters. The number of amides is 1. The first-order valence-corrected chi connectivity index (χ1v) is 6.97. The minimum absolute atomic E-state index is 0.277. The molecule has 112 valence electrons. The summed E-state index contributed by atoms with van der Waals surface area (Å²) in [6.07, 6.45) is 0.929. The molecule has 0 aliphatic heterocycles. The molecule has 19 heavy (non-hydrogen) atoms. The van der Waals surface area contributed by atoms with Crippen molar-refractivity contribution in [3.8, 4) is 0 Å². The zero-order valence-corrected chi connectivity index (χ0v) is 13.1.